The third-order valence-electron chi connectivity index (χ3n) is 3.15. The van der Waals surface area contributed by atoms with E-state index in [4.69, 9.17) is 11.6 Å². The van der Waals surface area contributed by atoms with Crippen molar-refractivity contribution in [1.29, 1.82) is 0 Å². The first kappa shape index (κ1) is 9.94. The summed E-state index contributed by atoms with van der Waals surface area (Å²) in [4.78, 5) is 0. The van der Waals surface area contributed by atoms with Crippen LogP contribution in [-0.4, -0.2) is 11.7 Å². The molecular formula is C11H12ClFO. The van der Waals surface area contributed by atoms with Crippen molar-refractivity contribution in [1.82, 2.24) is 0 Å². The maximum Gasteiger partial charge on any atom is 0.142 e. The van der Waals surface area contributed by atoms with Gasteiger partial charge in [0.15, 0.2) is 0 Å². The topological polar surface area (TPSA) is 20.2 Å². The molecule has 2 rings (SSSR count). The van der Waals surface area contributed by atoms with Gasteiger partial charge in [-0.15, -0.1) is 0 Å². The first-order valence-electron chi connectivity index (χ1n) is 4.74. The van der Waals surface area contributed by atoms with Crippen LogP contribution in [0.25, 0.3) is 0 Å². The zero-order valence-corrected chi connectivity index (χ0v) is 8.52. The van der Waals surface area contributed by atoms with Crippen LogP contribution in [0.5, 0.6) is 0 Å². The first-order chi connectivity index (χ1) is 6.68. The first-order valence-corrected chi connectivity index (χ1v) is 5.12. The summed E-state index contributed by atoms with van der Waals surface area (Å²) in [6, 6.07) is 4.81. The lowest BCUT2D eigenvalue weighted by Crippen LogP contribution is -2.37. The summed E-state index contributed by atoms with van der Waals surface area (Å²) in [5.74, 6) is -0.399. The summed E-state index contributed by atoms with van der Waals surface area (Å²) >= 11 is 5.60. The lowest BCUT2D eigenvalue weighted by molar-refractivity contribution is 0.120. The Morgan fingerprint density at radius 2 is 2.14 bits per heavy atom. The van der Waals surface area contributed by atoms with E-state index in [2.05, 4.69) is 0 Å². The van der Waals surface area contributed by atoms with Crippen molar-refractivity contribution >= 4 is 11.6 Å². The van der Waals surface area contributed by atoms with E-state index in [1.54, 1.807) is 12.1 Å². The standard InChI is InChI=1S/C11H12ClFO/c12-9-3-2-8(6-10(9)13)11(7-14)4-1-5-11/h2-3,6,14H,1,4-5,7H2. The van der Waals surface area contributed by atoms with Crippen molar-refractivity contribution in [3.05, 3.63) is 34.6 Å². The molecule has 1 aliphatic rings. The van der Waals surface area contributed by atoms with E-state index in [0.29, 0.717) is 0 Å². The summed E-state index contributed by atoms with van der Waals surface area (Å²) in [5, 5.41) is 9.43. The highest BCUT2D eigenvalue weighted by Gasteiger charge is 2.38. The smallest absolute Gasteiger partial charge is 0.142 e. The zero-order valence-electron chi connectivity index (χ0n) is 7.76. The lowest BCUT2D eigenvalue weighted by atomic mass is 9.65. The van der Waals surface area contributed by atoms with Gasteiger partial charge >= 0.3 is 0 Å². The Hall–Kier alpha value is -0.600. The predicted molar refractivity (Wildman–Crippen MR) is 54.0 cm³/mol. The number of aliphatic hydroxyl groups excluding tert-OH is 1. The van der Waals surface area contributed by atoms with Crippen LogP contribution in [0.3, 0.4) is 0 Å². The Labute approximate surface area is 87.5 Å². The molecule has 0 heterocycles. The molecule has 0 aliphatic heterocycles. The molecule has 1 saturated carbocycles. The second kappa shape index (κ2) is 3.52. The third kappa shape index (κ3) is 1.43. The highest BCUT2D eigenvalue weighted by molar-refractivity contribution is 6.30. The molecule has 1 aromatic carbocycles. The van der Waals surface area contributed by atoms with Crippen LogP contribution >= 0.6 is 11.6 Å². The van der Waals surface area contributed by atoms with Crippen molar-refractivity contribution in [3.63, 3.8) is 0 Å². The molecule has 0 spiro atoms. The van der Waals surface area contributed by atoms with Gasteiger partial charge in [-0.3, -0.25) is 0 Å². The van der Waals surface area contributed by atoms with Crippen molar-refractivity contribution in [2.75, 3.05) is 6.61 Å². The van der Waals surface area contributed by atoms with Crippen LogP contribution in [0.4, 0.5) is 4.39 Å². The van der Waals surface area contributed by atoms with E-state index in [1.807, 2.05) is 0 Å². The molecule has 0 aromatic heterocycles. The zero-order chi connectivity index (χ0) is 10.2. The molecule has 0 unspecified atom stereocenters. The fraction of sp³-hybridized carbons (Fsp3) is 0.455. The number of halogens is 2. The Kier molecular flexibility index (Phi) is 2.50. The molecule has 1 nitrogen and oxygen atoms in total. The van der Waals surface area contributed by atoms with E-state index in [9.17, 15) is 9.50 Å². The van der Waals surface area contributed by atoms with Crippen LogP contribution in [0, 0.1) is 5.82 Å². The third-order valence-corrected chi connectivity index (χ3v) is 3.45. The molecule has 0 saturated heterocycles. The van der Waals surface area contributed by atoms with Crippen LogP contribution in [0.15, 0.2) is 18.2 Å². The minimum Gasteiger partial charge on any atom is -0.395 e. The van der Waals surface area contributed by atoms with Gasteiger partial charge in [0, 0.05) is 5.41 Å². The van der Waals surface area contributed by atoms with E-state index < -0.39 is 5.82 Å². The average molecular weight is 215 g/mol. The summed E-state index contributed by atoms with van der Waals surface area (Å²) < 4.78 is 13.2. The molecule has 3 heteroatoms. The summed E-state index contributed by atoms with van der Waals surface area (Å²) in [6.07, 6.45) is 2.97. The largest absolute Gasteiger partial charge is 0.395 e. The van der Waals surface area contributed by atoms with E-state index in [-0.39, 0.29) is 17.0 Å². The molecule has 1 aromatic rings. The van der Waals surface area contributed by atoms with Gasteiger partial charge in [-0.1, -0.05) is 24.1 Å². The van der Waals surface area contributed by atoms with E-state index in [0.717, 1.165) is 24.8 Å². The number of hydrogen-bond acceptors (Lipinski definition) is 1. The quantitative estimate of drug-likeness (QED) is 0.803. The Bertz CT molecular complexity index is 342. The number of hydrogen-bond donors (Lipinski definition) is 1. The molecule has 14 heavy (non-hydrogen) atoms. The van der Waals surface area contributed by atoms with E-state index in [1.165, 1.54) is 6.07 Å². The minimum absolute atomic E-state index is 0.0913. The summed E-state index contributed by atoms with van der Waals surface area (Å²) in [5.41, 5.74) is 0.666. The Balaban J connectivity index is 2.36. The summed E-state index contributed by atoms with van der Waals surface area (Å²) in [7, 11) is 0. The van der Waals surface area contributed by atoms with Crippen LogP contribution in [-0.2, 0) is 5.41 Å². The van der Waals surface area contributed by atoms with Gasteiger partial charge in [-0.25, -0.2) is 4.39 Å². The maximum atomic E-state index is 13.2. The molecule has 76 valence electrons. The molecular weight excluding hydrogens is 203 g/mol. The van der Waals surface area contributed by atoms with Gasteiger partial charge in [-0.2, -0.15) is 0 Å². The Morgan fingerprint density at radius 3 is 2.57 bits per heavy atom. The van der Waals surface area contributed by atoms with Crippen molar-refractivity contribution in [2.45, 2.75) is 24.7 Å². The van der Waals surface area contributed by atoms with Crippen LogP contribution in [0.2, 0.25) is 5.02 Å². The monoisotopic (exact) mass is 214 g/mol. The van der Waals surface area contributed by atoms with Crippen LogP contribution in [0.1, 0.15) is 24.8 Å². The highest BCUT2D eigenvalue weighted by Crippen LogP contribution is 2.43. The molecule has 1 fully saturated rings. The molecule has 0 bridgehead atoms. The fourth-order valence-electron chi connectivity index (χ4n) is 1.97. The van der Waals surface area contributed by atoms with Gasteiger partial charge in [0.2, 0.25) is 0 Å². The van der Waals surface area contributed by atoms with Crippen molar-refractivity contribution in [2.24, 2.45) is 0 Å². The fourth-order valence-corrected chi connectivity index (χ4v) is 2.09. The van der Waals surface area contributed by atoms with Gasteiger partial charge in [-0.05, 0) is 30.5 Å². The second-order valence-corrected chi connectivity index (χ2v) is 4.33. The predicted octanol–water partition coefficient (Wildman–Crippen LogP) is 2.89. The van der Waals surface area contributed by atoms with Crippen molar-refractivity contribution in [3.8, 4) is 0 Å². The lowest BCUT2D eigenvalue weighted by Gasteiger charge is -2.40. The minimum atomic E-state index is -0.399. The Morgan fingerprint density at radius 1 is 1.43 bits per heavy atom. The molecule has 0 amide bonds. The van der Waals surface area contributed by atoms with Gasteiger partial charge in [0.25, 0.3) is 0 Å². The normalized spacial score (nSPS) is 19.1. The average Bonchev–Trinajstić information content (AvgIpc) is 2.10. The summed E-state index contributed by atoms with van der Waals surface area (Å²) in [6.45, 7) is 0.0913. The van der Waals surface area contributed by atoms with E-state index >= 15 is 0 Å². The van der Waals surface area contributed by atoms with Gasteiger partial charge < -0.3 is 5.11 Å². The van der Waals surface area contributed by atoms with Crippen molar-refractivity contribution < 1.29 is 9.50 Å². The number of aliphatic hydroxyl groups is 1. The molecule has 0 atom stereocenters. The second-order valence-electron chi connectivity index (χ2n) is 3.92. The SMILES string of the molecule is OCC1(c2ccc(Cl)c(F)c2)CCC1. The number of rotatable bonds is 2. The van der Waals surface area contributed by atoms with Crippen LogP contribution < -0.4 is 0 Å². The van der Waals surface area contributed by atoms with Gasteiger partial charge in [0.1, 0.15) is 5.82 Å². The van der Waals surface area contributed by atoms with Gasteiger partial charge in [0.05, 0.1) is 11.6 Å². The molecule has 1 aliphatic carbocycles. The molecule has 1 N–H and O–H groups in total. The maximum absolute atomic E-state index is 13.2. The highest BCUT2D eigenvalue weighted by atomic mass is 35.5. The number of benzene rings is 1. The molecule has 0 radical (unpaired) electrons.